The third-order valence-electron chi connectivity index (χ3n) is 8.52. The molecule has 0 bridgehead atoms. The molecule has 8 nitrogen and oxygen atoms in total. The van der Waals surface area contributed by atoms with E-state index in [2.05, 4.69) is 48.5 Å². The highest BCUT2D eigenvalue weighted by molar-refractivity contribution is 5.96. The number of carbonyl (C=O) groups excluding carboxylic acids is 1. The van der Waals surface area contributed by atoms with Crippen LogP contribution in [0.1, 0.15) is 45.6 Å². The van der Waals surface area contributed by atoms with Crippen molar-refractivity contribution in [3.8, 4) is 0 Å². The van der Waals surface area contributed by atoms with Crippen molar-refractivity contribution in [2.24, 2.45) is 5.73 Å². The van der Waals surface area contributed by atoms with Gasteiger partial charge in [-0.25, -0.2) is 9.37 Å². The average Bonchev–Trinajstić information content (AvgIpc) is 3.43. The van der Waals surface area contributed by atoms with Gasteiger partial charge in [0.05, 0.1) is 5.69 Å². The number of hydrogen-bond acceptors (Lipinski definition) is 7. The molecular formula is C31H38FN7O. The summed E-state index contributed by atoms with van der Waals surface area (Å²) in [4.78, 5) is 22.9. The molecule has 3 aliphatic rings. The van der Waals surface area contributed by atoms with Crippen molar-refractivity contribution in [3.63, 3.8) is 0 Å². The Balaban J connectivity index is 1.03. The molecule has 40 heavy (non-hydrogen) atoms. The molecule has 4 heterocycles. The Hall–Kier alpha value is -3.53. The van der Waals surface area contributed by atoms with Crippen LogP contribution in [0, 0.1) is 5.82 Å². The summed E-state index contributed by atoms with van der Waals surface area (Å²) < 4.78 is 15.2. The van der Waals surface area contributed by atoms with E-state index in [1.54, 1.807) is 12.3 Å². The number of benzene rings is 2. The fraction of sp³-hybridized carbons (Fsp3) is 0.419. The normalized spacial score (nSPS) is 19.9. The van der Waals surface area contributed by atoms with Crippen LogP contribution in [0.3, 0.4) is 0 Å². The Morgan fingerprint density at radius 2 is 1.98 bits per heavy atom. The summed E-state index contributed by atoms with van der Waals surface area (Å²) in [5.74, 6) is -0.689. The van der Waals surface area contributed by atoms with Gasteiger partial charge in [0, 0.05) is 82.4 Å². The molecule has 2 saturated heterocycles. The molecule has 6 rings (SSSR count). The first-order chi connectivity index (χ1) is 19.5. The monoisotopic (exact) mass is 543 g/mol. The van der Waals surface area contributed by atoms with Gasteiger partial charge in [0.25, 0.3) is 5.91 Å². The summed E-state index contributed by atoms with van der Waals surface area (Å²) in [5, 5.41) is 7.05. The zero-order valence-corrected chi connectivity index (χ0v) is 22.9. The average molecular weight is 544 g/mol. The highest BCUT2D eigenvalue weighted by atomic mass is 19.1. The van der Waals surface area contributed by atoms with Crippen molar-refractivity contribution >= 4 is 17.3 Å². The number of primary amides is 1. The van der Waals surface area contributed by atoms with Crippen LogP contribution in [0.5, 0.6) is 0 Å². The molecular weight excluding hydrogens is 505 g/mol. The second-order valence-corrected chi connectivity index (χ2v) is 11.1. The number of nitrogens with one attached hydrogen (secondary N) is 2. The topological polar surface area (TPSA) is 89.8 Å². The van der Waals surface area contributed by atoms with Gasteiger partial charge >= 0.3 is 0 Å². The first-order valence-electron chi connectivity index (χ1n) is 14.3. The van der Waals surface area contributed by atoms with Gasteiger partial charge in [-0.3, -0.25) is 14.6 Å². The number of nitrogens with two attached hydrogens (primary N) is 1. The van der Waals surface area contributed by atoms with Gasteiger partial charge in [-0.15, -0.1) is 0 Å². The Morgan fingerprint density at radius 3 is 2.75 bits per heavy atom. The summed E-state index contributed by atoms with van der Waals surface area (Å²) in [5.41, 5.74) is 12.1. The first kappa shape index (κ1) is 26.7. The molecule has 1 amide bonds. The van der Waals surface area contributed by atoms with E-state index >= 15 is 4.39 Å². The number of anilines is 2. The number of carbonyl (C=O) groups is 1. The molecule has 1 atom stereocenters. The summed E-state index contributed by atoms with van der Waals surface area (Å²) >= 11 is 0. The highest BCUT2D eigenvalue weighted by Crippen LogP contribution is 2.32. The van der Waals surface area contributed by atoms with Crippen LogP contribution in [0.2, 0.25) is 0 Å². The number of amides is 1. The molecule has 1 aromatic heterocycles. The Bertz CT molecular complexity index is 1350. The molecule has 0 radical (unpaired) electrons. The van der Waals surface area contributed by atoms with Crippen LogP contribution >= 0.6 is 0 Å². The number of rotatable bonds is 8. The minimum absolute atomic E-state index is 0.174. The van der Waals surface area contributed by atoms with Gasteiger partial charge in [0.15, 0.2) is 5.69 Å². The summed E-state index contributed by atoms with van der Waals surface area (Å²) in [7, 11) is 0. The van der Waals surface area contributed by atoms with Crippen LogP contribution < -0.4 is 21.3 Å². The van der Waals surface area contributed by atoms with Gasteiger partial charge in [0.1, 0.15) is 5.82 Å². The van der Waals surface area contributed by atoms with E-state index < -0.39 is 5.91 Å². The van der Waals surface area contributed by atoms with Gasteiger partial charge in [-0.1, -0.05) is 24.3 Å². The lowest BCUT2D eigenvalue weighted by Crippen LogP contribution is -2.46. The quantitative estimate of drug-likeness (QED) is 0.402. The Labute approximate surface area is 235 Å². The fourth-order valence-corrected chi connectivity index (χ4v) is 6.29. The molecule has 1 unspecified atom stereocenters. The molecule has 0 saturated carbocycles. The zero-order chi connectivity index (χ0) is 27.5. The largest absolute Gasteiger partial charge is 0.381 e. The molecule has 9 heteroatoms. The van der Waals surface area contributed by atoms with Crippen molar-refractivity contribution in [1.29, 1.82) is 0 Å². The van der Waals surface area contributed by atoms with Gasteiger partial charge in [0.2, 0.25) is 0 Å². The number of hydrogen-bond donors (Lipinski definition) is 3. The number of nitrogens with zero attached hydrogens (tertiary/aromatic N) is 4. The number of fused-ring (bicyclic) bond motifs is 1. The number of piperidine rings is 1. The predicted molar refractivity (Wildman–Crippen MR) is 156 cm³/mol. The maximum Gasteiger partial charge on any atom is 0.269 e. The zero-order valence-electron chi connectivity index (χ0n) is 22.9. The molecule has 0 spiro atoms. The van der Waals surface area contributed by atoms with Crippen molar-refractivity contribution in [3.05, 3.63) is 88.5 Å². The standard InChI is InChI=1S/C31H38FN7O/c32-27-16-22(19-37-12-14-38(15-13-37)29-7-3-11-35-30(29)31(33)40)8-9-23(27)17-36-28-6-1-4-24-20-39(21-26(24)28)25-5-2-10-34-18-25/h1,3-4,6-9,11,16,25,34,36H,2,5,10,12-15,17-21H2,(H2,33,40). The van der Waals surface area contributed by atoms with Crippen molar-refractivity contribution < 1.29 is 9.18 Å². The number of halogens is 1. The fourth-order valence-electron chi connectivity index (χ4n) is 6.29. The predicted octanol–water partition coefficient (Wildman–Crippen LogP) is 3.32. The second kappa shape index (κ2) is 11.9. The summed E-state index contributed by atoms with van der Waals surface area (Å²) in [6.45, 7) is 8.40. The number of aromatic nitrogens is 1. The SMILES string of the molecule is NC(=O)c1ncccc1N1CCN(Cc2ccc(CNc3cccc4c3CN(C3CCCNC3)C4)c(F)c2)CC1. The first-order valence-corrected chi connectivity index (χ1v) is 14.3. The molecule has 0 aliphatic carbocycles. The highest BCUT2D eigenvalue weighted by Gasteiger charge is 2.28. The Morgan fingerprint density at radius 1 is 1.10 bits per heavy atom. The van der Waals surface area contributed by atoms with E-state index in [0.717, 1.165) is 69.3 Å². The van der Waals surface area contributed by atoms with Crippen LogP contribution in [-0.4, -0.2) is 66.0 Å². The lowest BCUT2D eigenvalue weighted by molar-refractivity contribution is 0.0996. The van der Waals surface area contributed by atoms with E-state index in [9.17, 15) is 4.79 Å². The molecule has 4 N–H and O–H groups in total. The van der Waals surface area contributed by atoms with Gasteiger partial charge in [-0.05, 0) is 60.3 Å². The minimum atomic E-state index is -0.515. The van der Waals surface area contributed by atoms with Crippen LogP contribution in [0.25, 0.3) is 0 Å². The lowest BCUT2D eigenvalue weighted by Gasteiger charge is -2.36. The third-order valence-corrected chi connectivity index (χ3v) is 8.52. The molecule has 2 fully saturated rings. The van der Waals surface area contributed by atoms with E-state index in [1.165, 1.54) is 24.0 Å². The summed E-state index contributed by atoms with van der Waals surface area (Å²) in [6, 6.07) is 16.4. The number of piperazine rings is 1. The van der Waals surface area contributed by atoms with E-state index in [-0.39, 0.29) is 5.82 Å². The van der Waals surface area contributed by atoms with Crippen molar-refractivity contribution in [1.82, 2.24) is 20.1 Å². The van der Waals surface area contributed by atoms with Crippen LogP contribution in [0.4, 0.5) is 15.8 Å². The molecule has 3 aromatic rings. The van der Waals surface area contributed by atoms with Gasteiger partial charge < -0.3 is 21.3 Å². The number of pyridine rings is 1. The molecule has 2 aromatic carbocycles. The van der Waals surface area contributed by atoms with E-state index in [1.807, 2.05) is 24.3 Å². The Kier molecular flexibility index (Phi) is 7.95. The van der Waals surface area contributed by atoms with Crippen molar-refractivity contribution in [2.75, 3.05) is 49.5 Å². The third kappa shape index (κ3) is 5.82. The van der Waals surface area contributed by atoms with Crippen LogP contribution in [-0.2, 0) is 26.2 Å². The molecule has 3 aliphatic heterocycles. The smallest absolute Gasteiger partial charge is 0.269 e. The van der Waals surface area contributed by atoms with Crippen molar-refractivity contribution in [2.45, 2.75) is 45.1 Å². The maximum atomic E-state index is 15.2. The lowest BCUT2D eigenvalue weighted by atomic mass is 10.1. The summed E-state index contributed by atoms with van der Waals surface area (Å²) in [6.07, 6.45) is 4.07. The van der Waals surface area contributed by atoms with E-state index in [0.29, 0.717) is 30.4 Å². The van der Waals surface area contributed by atoms with Gasteiger partial charge in [-0.2, -0.15) is 0 Å². The maximum absolute atomic E-state index is 15.2. The van der Waals surface area contributed by atoms with E-state index in [4.69, 9.17) is 5.73 Å². The van der Waals surface area contributed by atoms with Crippen LogP contribution in [0.15, 0.2) is 54.7 Å². The second-order valence-electron chi connectivity index (χ2n) is 11.1. The molecule has 210 valence electrons. The minimum Gasteiger partial charge on any atom is -0.381 e.